The Labute approximate surface area is 101 Å². The molecule has 0 fully saturated rings. The third-order valence-corrected chi connectivity index (χ3v) is 2.70. The molecule has 1 rings (SSSR count). The molecule has 0 saturated heterocycles. The van der Waals surface area contributed by atoms with Crippen LogP contribution >= 0.6 is 0 Å². The van der Waals surface area contributed by atoms with Crippen LogP contribution in [0.3, 0.4) is 0 Å². The molecular formula is C13H17NO3. The number of hydrogen-bond donors (Lipinski definition) is 0. The molecule has 0 amide bonds. The number of hydrogen-bond acceptors (Lipinski definition) is 3. The normalized spacial score (nSPS) is 12.1. The van der Waals surface area contributed by atoms with Crippen molar-refractivity contribution in [2.75, 3.05) is 6.54 Å². The lowest BCUT2D eigenvalue weighted by Crippen LogP contribution is -2.21. The summed E-state index contributed by atoms with van der Waals surface area (Å²) in [5, 5.41) is 10.6. The van der Waals surface area contributed by atoms with Crippen LogP contribution in [0.25, 0.3) is 0 Å². The predicted octanol–water partition coefficient (Wildman–Crippen LogP) is 2.81. The summed E-state index contributed by atoms with van der Waals surface area (Å²) in [5.74, 6) is -0.632. The van der Waals surface area contributed by atoms with E-state index in [4.69, 9.17) is 0 Å². The van der Waals surface area contributed by atoms with Gasteiger partial charge in [-0.25, -0.2) is 0 Å². The minimum atomic E-state index is -0.599. The zero-order valence-corrected chi connectivity index (χ0v) is 9.96. The van der Waals surface area contributed by atoms with Gasteiger partial charge in [0.15, 0.2) is 0 Å². The molecule has 4 heteroatoms. The van der Waals surface area contributed by atoms with E-state index in [0.717, 1.165) is 18.4 Å². The Bertz CT molecular complexity index is 376. The summed E-state index contributed by atoms with van der Waals surface area (Å²) in [6.45, 7) is 1.69. The minimum Gasteiger partial charge on any atom is -0.299 e. The molecule has 92 valence electrons. The lowest BCUT2D eigenvalue weighted by Gasteiger charge is -2.11. The molecule has 0 radical (unpaired) electrons. The van der Waals surface area contributed by atoms with Crippen LogP contribution in [-0.4, -0.2) is 17.3 Å². The number of carbonyl (C=O) groups excluding carboxylic acids is 1. The van der Waals surface area contributed by atoms with Crippen LogP contribution in [0.4, 0.5) is 0 Å². The van der Waals surface area contributed by atoms with Crippen LogP contribution in [0, 0.1) is 10.1 Å². The average Bonchev–Trinajstić information content (AvgIpc) is 2.34. The topological polar surface area (TPSA) is 60.2 Å². The Morgan fingerprint density at radius 1 is 1.35 bits per heavy atom. The van der Waals surface area contributed by atoms with Crippen molar-refractivity contribution in [3.8, 4) is 0 Å². The SMILES string of the molecule is CCCCC(=O)[C@H](C[N+](=O)[O-])c1ccccc1. The second kappa shape index (κ2) is 6.78. The van der Waals surface area contributed by atoms with Crippen molar-refractivity contribution in [1.29, 1.82) is 0 Å². The molecule has 1 aromatic rings. The van der Waals surface area contributed by atoms with E-state index in [1.807, 2.05) is 13.0 Å². The Hall–Kier alpha value is -1.71. The molecule has 1 aromatic carbocycles. The highest BCUT2D eigenvalue weighted by atomic mass is 16.6. The van der Waals surface area contributed by atoms with Gasteiger partial charge in [0.05, 0.1) is 0 Å². The molecule has 0 spiro atoms. The van der Waals surface area contributed by atoms with Gasteiger partial charge < -0.3 is 0 Å². The Kier molecular flexibility index (Phi) is 5.33. The van der Waals surface area contributed by atoms with E-state index < -0.39 is 10.8 Å². The molecule has 0 heterocycles. The Morgan fingerprint density at radius 3 is 2.53 bits per heavy atom. The second-order valence-corrected chi connectivity index (χ2v) is 4.05. The quantitative estimate of drug-likeness (QED) is 0.539. The largest absolute Gasteiger partial charge is 0.299 e. The van der Waals surface area contributed by atoms with Gasteiger partial charge in [-0.2, -0.15) is 0 Å². The standard InChI is InChI=1S/C13H17NO3/c1-2-3-9-13(15)12(10-14(16)17)11-7-5-4-6-8-11/h4-8,12H,2-3,9-10H2,1H3/t12-/m1/s1. The molecule has 0 bridgehead atoms. The highest BCUT2D eigenvalue weighted by Crippen LogP contribution is 2.19. The van der Waals surface area contributed by atoms with Crippen molar-refractivity contribution in [2.24, 2.45) is 0 Å². The van der Waals surface area contributed by atoms with Gasteiger partial charge in [0.25, 0.3) is 0 Å². The van der Waals surface area contributed by atoms with E-state index in [1.165, 1.54) is 0 Å². The maximum Gasteiger partial charge on any atom is 0.217 e. The molecule has 0 saturated carbocycles. The minimum absolute atomic E-state index is 0.0326. The number of unbranched alkanes of at least 4 members (excludes halogenated alkanes) is 1. The lowest BCUT2D eigenvalue weighted by atomic mass is 9.92. The van der Waals surface area contributed by atoms with Gasteiger partial charge in [-0.3, -0.25) is 14.9 Å². The first-order valence-corrected chi connectivity index (χ1v) is 5.84. The molecule has 0 aliphatic rings. The van der Waals surface area contributed by atoms with Gasteiger partial charge in [-0.1, -0.05) is 43.7 Å². The molecule has 17 heavy (non-hydrogen) atoms. The highest BCUT2D eigenvalue weighted by Gasteiger charge is 2.24. The van der Waals surface area contributed by atoms with Crippen molar-refractivity contribution in [1.82, 2.24) is 0 Å². The summed E-state index contributed by atoms with van der Waals surface area (Å²) >= 11 is 0. The van der Waals surface area contributed by atoms with E-state index >= 15 is 0 Å². The van der Waals surface area contributed by atoms with Crippen molar-refractivity contribution in [3.05, 3.63) is 46.0 Å². The number of rotatable bonds is 7. The predicted molar refractivity (Wildman–Crippen MR) is 65.6 cm³/mol. The van der Waals surface area contributed by atoms with Gasteiger partial charge >= 0.3 is 0 Å². The molecule has 0 unspecified atom stereocenters. The van der Waals surface area contributed by atoms with Crippen LogP contribution in [0.1, 0.15) is 37.7 Å². The highest BCUT2D eigenvalue weighted by molar-refractivity contribution is 5.85. The molecule has 1 atom stereocenters. The van der Waals surface area contributed by atoms with Gasteiger partial charge in [-0.05, 0) is 12.0 Å². The molecule has 0 aliphatic carbocycles. The summed E-state index contributed by atoms with van der Waals surface area (Å²) in [6.07, 6.45) is 2.13. The fourth-order valence-electron chi connectivity index (χ4n) is 1.75. The number of ketones is 1. The first kappa shape index (κ1) is 13.4. The summed E-state index contributed by atoms with van der Waals surface area (Å²) in [6, 6.07) is 8.99. The van der Waals surface area contributed by atoms with Gasteiger partial charge in [0.1, 0.15) is 11.7 Å². The van der Waals surface area contributed by atoms with E-state index in [2.05, 4.69) is 0 Å². The maximum absolute atomic E-state index is 11.9. The first-order chi connectivity index (χ1) is 8.15. The average molecular weight is 235 g/mol. The van der Waals surface area contributed by atoms with E-state index in [-0.39, 0.29) is 12.3 Å². The summed E-state index contributed by atoms with van der Waals surface area (Å²) in [5.41, 5.74) is 0.741. The van der Waals surface area contributed by atoms with E-state index in [1.54, 1.807) is 24.3 Å². The second-order valence-electron chi connectivity index (χ2n) is 4.05. The third-order valence-electron chi connectivity index (χ3n) is 2.70. The zero-order valence-electron chi connectivity index (χ0n) is 9.96. The summed E-state index contributed by atoms with van der Waals surface area (Å²) < 4.78 is 0. The van der Waals surface area contributed by atoms with Gasteiger partial charge in [0, 0.05) is 11.3 Å². The van der Waals surface area contributed by atoms with Gasteiger partial charge in [-0.15, -0.1) is 0 Å². The number of benzene rings is 1. The maximum atomic E-state index is 11.9. The number of carbonyl (C=O) groups is 1. The third kappa shape index (κ3) is 4.34. The smallest absolute Gasteiger partial charge is 0.217 e. The number of nitrogens with zero attached hydrogens (tertiary/aromatic N) is 1. The van der Waals surface area contributed by atoms with Crippen LogP contribution in [0.15, 0.2) is 30.3 Å². The zero-order chi connectivity index (χ0) is 12.7. The molecule has 4 nitrogen and oxygen atoms in total. The van der Waals surface area contributed by atoms with Crippen molar-refractivity contribution in [3.63, 3.8) is 0 Å². The van der Waals surface area contributed by atoms with E-state index in [0.29, 0.717) is 6.42 Å². The fraction of sp³-hybridized carbons (Fsp3) is 0.462. The van der Waals surface area contributed by atoms with Crippen molar-refractivity contribution in [2.45, 2.75) is 32.1 Å². The van der Waals surface area contributed by atoms with Crippen LogP contribution in [-0.2, 0) is 4.79 Å². The van der Waals surface area contributed by atoms with Crippen LogP contribution in [0.2, 0.25) is 0 Å². The van der Waals surface area contributed by atoms with Crippen LogP contribution in [0.5, 0.6) is 0 Å². The number of Topliss-reactive ketones (excluding diaryl/α,β-unsaturated/α-hetero) is 1. The number of nitro groups is 1. The summed E-state index contributed by atoms with van der Waals surface area (Å²) in [4.78, 5) is 22.1. The Morgan fingerprint density at radius 2 is 2.00 bits per heavy atom. The summed E-state index contributed by atoms with van der Waals surface area (Å²) in [7, 11) is 0. The van der Waals surface area contributed by atoms with Crippen molar-refractivity contribution < 1.29 is 9.72 Å². The molecular weight excluding hydrogens is 218 g/mol. The molecule has 0 N–H and O–H groups in total. The Balaban J connectivity index is 2.80. The van der Waals surface area contributed by atoms with Gasteiger partial charge in [0.2, 0.25) is 6.54 Å². The first-order valence-electron chi connectivity index (χ1n) is 5.84. The van der Waals surface area contributed by atoms with E-state index in [9.17, 15) is 14.9 Å². The monoisotopic (exact) mass is 235 g/mol. The molecule has 0 aromatic heterocycles. The fourth-order valence-corrected chi connectivity index (χ4v) is 1.75. The van der Waals surface area contributed by atoms with Crippen molar-refractivity contribution >= 4 is 5.78 Å². The lowest BCUT2D eigenvalue weighted by molar-refractivity contribution is -0.481. The van der Waals surface area contributed by atoms with Crippen LogP contribution < -0.4 is 0 Å². The molecule has 0 aliphatic heterocycles.